The summed E-state index contributed by atoms with van der Waals surface area (Å²) in [7, 11) is 0. The van der Waals surface area contributed by atoms with Crippen LogP contribution >= 0.6 is 0 Å². The van der Waals surface area contributed by atoms with Gasteiger partial charge in [0, 0.05) is 24.8 Å². The molecule has 6 nitrogen and oxygen atoms in total. The number of rotatable bonds is 6. The Morgan fingerprint density at radius 2 is 0.676 bits per heavy atom. The normalized spacial score (nSPS) is 10.4. The van der Waals surface area contributed by atoms with Crippen molar-refractivity contribution in [3.63, 3.8) is 0 Å². The maximum Gasteiger partial charge on any atom is 0.115 e. The summed E-state index contributed by atoms with van der Waals surface area (Å²) in [6, 6.07) is 30.7. The summed E-state index contributed by atoms with van der Waals surface area (Å²) in [5, 5.41) is 0. The second-order valence-corrected chi connectivity index (χ2v) is 7.30. The number of nitrogens with zero attached hydrogens (tertiary/aromatic N) is 6. The first-order chi connectivity index (χ1) is 16.9. The van der Waals surface area contributed by atoms with E-state index in [1.807, 2.05) is 97.1 Å². The molecule has 0 saturated carbocycles. The first kappa shape index (κ1) is 21.0. The van der Waals surface area contributed by atoms with Crippen LogP contribution in [-0.2, 0) is 0 Å². The zero-order valence-corrected chi connectivity index (χ0v) is 18.2. The molecule has 0 aliphatic rings. The highest BCUT2D eigenvalue weighted by Crippen LogP contribution is 2.22. The summed E-state index contributed by atoms with van der Waals surface area (Å²) in [5.74, 6) is 0. The highest BCUT2D eigenvalue weighted by atomic mass is 14.9. The molecule has 0 spiro atoms. The summed E-state index contributed by atoms with van der Waals surface area (Å²) < 4.78 is 0. The molecule has 0 atom stereocenters. The Bertz CT molecular complexity index is 1210. The van der Waals surface area contributed by atoms with Gasteiger partial charge in [-0.1, -0.05) is 24.3 Å². The molecule has 0 amide bonds. The third-order valence-electron chi connectivity index (χ3n) is 4.96. The van der Waals surface area contributed by atoms with Crippen molar-refractivity contribution >= 4 is 22.8 Å². The van der Waals surface area contributed by atoms with E-state index < -0.39 is 0 Å². The van der Waals surface area contributed by atoms with Crippen molar-refractivity contribution in [1.82, 2.24) is 19.9 Å². The fourth-order valence-corrected chi connectivity index (χ4v) is 3.36. The molecule has 4 aromatic heterocycles. The monoisotopic (exact) mass is 440 g/mol. The molecule has 5 rings (SSSR count). The fraction of sp³-hybridized carbons (Fsp3) is 0. The van der Waals surface area contributed by atoms with E-state index in [0.717, 1.165) is 34.2 Å². The molecule has 4 heterocycles. The highest BCUT2D eigenvalue weighted by molar-refractivity contribution is 6.12. The minimum absolute atomic E-state index is 0.708. The molecular weight excluding hydrogens is 420 g/mol. The van der Waals surface area contributed by atoms with Gasteiger partial charge in [0.25, 0.3) is 0 Å². The van der Waals surface area contributed by atoms with Crippen LogP contribution < -0.4 is 0 Å². The second-order valence-electron chi connectivity index (χ2n) is 7.30. The van der Waals surface area contributed by atoms with Gasteiger partial charge in [0.15, 0.2) is 0 Å². The topological polar surface area (TPSA) is 76.3 Å². The van der Waals surface area contributed by atoms with Crippen LogP contribution in [0, 0.1) is 0 Å². The van der Waals surface area contributed by atoms with Gasteiger partial charge in [-0.15, -0.1) is 0 Å². The quantitative estimate of drug-likeness (QED) is 0.322. The molecule has 0 saturated heterocycles. The molecule has 0 aliphatic carbocycles. The predicted molar refractivity (Wildman–Crippen MR) is 134 cm³/mol. The molecule has 34 heavy (non-hydrogen) atoms. The van der Waals surface area contributed by atoms with E-state index in [1.165, 1.54) is 0 Å². The molecule has 0 aliphatic heterocycles. The molecule has 0 bridgehead atoms. The standard InChI is InChI=1S/C28H20N6/c1-5-17-29-23(9-1)27(24-10-2-6-18-30-24)33-21-13-15-22(16-14-21)34-28(25-11-3-7-19-31-25)26-12-4-8-20-32-26/h1-20H. The number of pyridine rings is 4. The molecule has 5 aromatic rings. The van der Waals surface area contributed by atoms with Gasteiger partial charge in [-0.3, -0.25) is 19.9 Å². The van der Waals surface area contributed by atoms with E-state index >= 15 is 0 Å². The molecule has 0 fully saturated rings. The lowest BCUT2D eigenvalue weighted by Gasteiger charge is -2.07. The van der Waals surface area contributed by atoms with Crippen molar-refractivity contribution in [2.75, 3.05) is 0 Å². The Kier molecular flexibility index (Phi) is 6.30. The maximum atomic E-state index is 4.85. The molecule has 0 N–H and O–H groups in total. The van der Waals surface area contributed by atoms with Crippen LogP contribution in [0.2, 0.25) is 0 Å². The van der Waals surface area contributed by atoms with Gasteiger partial charge < -0.3 is 0 Å². The lowest BCUT2D eigenvalue weighted by molar-refractivity contribution is 1.23. The Labute approximate surface area is 197 Å². The summed E-state index contributed by atoms with van der Waals surface area (Å²) in [4.78, 5) is 27.6. The van der Waals surface area contributed by atoms with Crippen LogP contribution in [0.15, 0.2) is 132 Å². The van der Waals surface area contributed by atoms with Crippen molar-refractivity contribution < 1.29 is 0 Å². The first-order valence-electron chi connectivity index (χ1n) is 10.8. The van der Waals surface area contributed by atoms with Gasteiger partial charge in [-0.25, -0.2) is 9.98 Å². The van der Waals surface area contributed by atoms with Gasteiger partial charge in [0.05, 0.1) is 34.2 Å². The molecule has 1 aromatic carbocycles. The third kappa shape index (κ3) is 4.97. The Balaban J connectivity index is 1.52. The zero-order valence-electron chi connectivity index (χ0n) is 18.2. The van der Waals surface area contributed by atoms with Crippen LogP contribution in [0.25, 0.3) is 0 Å². The summed E-state index contributed by atoms with van der Waals surface area (Å²) in [5.41, 5.74) is 6.02. The van der Waals surface area contributed by atoms with Gasteiger partial charge in [-0.05, 0) is 72.8 Å². The van der Waals surface area contributed by atoms with Gasteiger partial charge in [-0.2, -0.15) is 0 Å². The van der Waals surface area contributed by atoms with E-state index in [1.54, 1.807) is 24.8 Å². The van der Waals surface area contributed by atoms with Crippen LogP contribution in [0.1, 0.15) is 22.8 Å². The Morgan fingerprint density at radius 3 is 0.912 bits per heavy atom. The average Bonchev–Trinajstić information content (AvgIpc) is 2.93. The van der Waals surface area contributed by atoms with E-state index in [4.69, 9.17) is 9.98 Å². The van der Waals surface area contributed by atoms with Gasteiger partial charge in [0.2, 0.25) is 0 Å². The minimum Gasteiger partial charge on any atom is -0.255 e. The van der Waals surface area contributed by atoms with Gasteiger partial charge in [0.1, 0.15) is 11.4 Å². The number of aromatic nitrogens is 4. The Morgan fingerprint density at radius 1 is 0.382 bits per heavy atom. The average molecular weight is 441 g/mol. The van der Waals surface area contributed by atoms with Crippen molar-refractivity contribution in [1.29, 1.82) is 0 Å². The lowest BCUT2D eigenvalue weighted by atomic mass is 10.1. The van der Waals surface area contributed by atoms with Crippen LogP contribution in [-0.4, -0.2) is 31.4 Å². The Hall–Kier alpha value is -4.84. The summed E-state index contributed by atoms with van der Waals surface area (Å²) in [6.07, 6.45) is 7.01. The lowest BCUT2D eigenvalue weighted by Crippen LogP contribution is -2.07. The van der Waals surface area contributed by atoms with Crippen molar-refractivity contribution in [2.45, 2.75) is 0 Å². The van der Waals surface area contributed by atoms with E-state index in [0.29, 0.717) is 11.4 Å². The molecule has 0 radical (unpaired) electrons. The summed E-state index contributed by atoms with van der Waals surface area (Å²) >= 11 is 0. The number of hydrogen-bond donors (Lipinski definition) is 0. The zero-order chi connectivity index (χ0) is 23.0. The van der Waals surface area contributed by atoms with Crippen LogP contribution in [0.4, 0.5) is 11.4 Å². The van der Waals surface area contributed by atoms with Crippen LogP contribution in [0.5, 0.6) is 0 Å². The first-order valence-corrected chi connectivity index (χ1v) is 10.8. The highest BCUT2D eigenvalue weighted by Gasteiger charge is 2.11. The largest absolute Gasteiger partial charge is 0.255 e. The maximum absolute atomic E-state index is 4.85. The number of benzene rings is 1. The smallest absolute Gasteiger partial charge is 0.115 e. The SMILES string of the molecule is c1ccc(C(=Nc2ccc(N=C(c3ccccn3)c3ccccn3)cc2)c2ccccn2)nc1. The number of aliphatic imine (C=N–C) groups is 2. The molecule has 6 heteroatoms. The van der Waals surface area contributed by atoms with Crippen molar-refractivity contribution in [2.24, 2.45) is 9.98 Å². The van der Waals surface area contributed by atoms with E-state index in [-0.39, 0.29) is 0 Å². The summed E-state index contributed by atoms with van der Waals surface area (Å²) in [6.45, 7) is 0. The van der Waals surface area contributed by atoms with E-state index in [9.17, 15) is 0 Å². The fourth-order valence-electron chi connectivity index (χ4n) is 3.36. The molecule has 162 valence electrons. The predicted octanol–water partition coefficient (Wildman–Crippen LogP) is 5.60. The molecular formula is C28H20N6. The second kappa shape index (κ2) is 10.2. The molecule has 0 unspecified atom stereocenters. The van der Waals surface area contributed by atoms with E-state index in [2.05, 4.69) is 19.9 Å². The van der Waals surface area contributed by atoms with Crippen molar-refractivity contribution in [3.05, 3.63) is 145 Å². The van der Waals surface area contributed by atoms with Crippen molar-refractivity contribution in [3.8, 4) is 0 Å². The third-order valence-corrected chi connectivity index (χ3v) is 4.96. The van der Waals surface area contributed by atoms with Crippen LogP contribution in [0.3, 0.4) is 0 Å². The van der Waals surface area contributed by atoms with Gasteiger partial charge >= 0.3 is 0 Å². The minimum atomic E-state index is 0.708. The number of hydrogen-bond acceptors (Lipinski definition) is 6.